The molecule has 3 atom stereocenters. The summed E-state index contributed by atoms with van der Waals surface area (Å²) in [5, 5.41) is 11.5. The molecule has 1 unspecified atom stereocenters. The number of aliphatic carboxylic acids is 1. The summed E-state index contributed by atoms with van der Waals surface area (Å²) in [5.74, 6) is -1.81. The maximum atomic E-state index is 12.8. The number of carboxylic acid groups (broad SMARTS) is 1. The molecular formula is C19H26N2O4S. The molecule has 0 saturated carbocycles. The highest BCUT2D eigenvalue weighted by Crippen LogP contribution is 2.20. The largest absolute Gasteiger partial charge is 0.480 e. The number of rotatable bonds is 7. The summed E-state index contributed by atoms with van der Waals surface area (Å²) in [6.07, 6.45) is 1.56. The molecule has 26 heavy (non-hydrogen) atoms. The average molecular weight is 378 g/mol. The number of thiol groups is 1. The molecule has 7 heteroatoms. The zero-order valence-corrected chi connectivity index (χ0v) is 16.0. The van der Waals surface area contributed by atoms with Gasteiger partial charge in [0, 0.05) is 6.54 Å². The summed E-state index contributed by atoms with van der Waals surface area (Å²) in [7, 11) is 0. The van der Waals surface area contributed by atoms with E-state index in [-0.39, 0.29) is 17.7 Å². The number of carbonyl (C=O) groups is 3. The van der Waals surface area contributed by atoms with Crippen LogP contribution in [-0.4, -0.2) is 51.7 Å². The van der Waals surface area contributed by atoms with Gasteiger partial charge in [-0.05, 0) is 30.7 Å². The first-order chi connectivity index (χ1) is 12.3. The first kappa shape index (κ1) is 20.3. The van der Waals surface area contributed by atoms with Crippen LogP contribution in [0.5, 0.6) is 0 Å². The summed E-state index contributed by atoms with van der Waals surface area (Å²) < 4.78 is 0. The van der Waals surface area contributed by atoms with Gasteiger partial charge in [0.25, 0.3) is 0 Å². The summed E-state index contributed by atoms with van der Waals surface area (Å²) in [6.45, 7) is 4.07. The zero-order valence-electron chi connectivity index (χ0n) is 15.1. The molecule has 1 aromatic rings. The highest BCUT2D eigenvalue weighted by atomic mass is 32.1. The summed E-state index contributed by atoms with van der Waals surface area (Å²) in [4.78, 5) is 38.1. The molecular weight excluding hydrogens is 352 g/mol. The van der Waals surface area contributed by atoms with Crippen LogP contribution < -0.4 is 5.32 Å². The minimum absolute atomic E-state index is 0.154. The molecule has 142 valence electrons. The first-order valence-corrected chi connectivity index (χ1v) is 9.38. The fourth-order valence-corrected chi connectivity index (χ4v) is 3.44. The van der Waals surface area contributed by atoms with Crippen molar-refractivity contribution in [2.75, 3.05) is 6.54 Å². The molecule has 2 N–H and O–H groups in total. The Hall–Kier alpha value is -2.02. The maximum absolute atomic E-state index is 12.8. The van der Waals surface area contributed by atoms with Crippen LogP contribution in [-0.2, 0) is 20.8 Å². The molecule has 0 aliphatic carbocycles. The number of hydrogen-bond acceptors (Lipinski definition) is 4. The second-order valence-electron chi connectivity index (χ2n) is 6.96. The summed E-state index contributed by atoms with van der Waals surface area (Å²) in [6, 6.07) is 7.97. The highest BCUT2D eigenvalue weighted by Gasteiger charge is 2.38. The average Bonchev–Trinajstić information content (AvgIpc) is 3.09. The van der Waals surface area contributed by atoms with Crippen molar-refractivity contribution < 1.29 is 19.5 Å². The molecule has 1 aliphatic rings. The molecule has 1 heterocycles. The van der Waals surface area contributed by atoms with Gasteiger partial charge in [-0.25, -0.2) is 4.79 Å². The third kappa shape index (κ3) is 5.00. The summed E-state index contributed by atoms with van der Waals surface area (Å²) in [5.41, 5.74) is 0.987. The molecule has 1 aromatic carbocycles. The lowest BCUT2D eigenvalue weighted by atomic mass is 10.0. The van der Waals surface area contributed by atoms with Gasteiger partial charge in [-0.15, -0.1) is 0 Å². The number of carboxylic acids is 1. The van der Waals surface area contributed by atoms with Gasteiger partial charge in [-0.2, -0.15) is 12.6 Å². The van der Waals surface area contributed by atoms with Crippen molar-refractivity contribution in [1.29, 1.82) is 0 Å². The Morgan fingerprint density at radius 1 is 1.27 bits per heavy atom. The number of amides is 2. The molecule has 6 nitrogen and oxygen atoms in total. The van der Waals surface area contributed by atoms with E-state index < -0.39 is 23.3 Å². The van der Waals surface area contributed by atoms with Crippen molar-refractivity contribution in [3.63, 3.8) is 0 Å². The number of carbonyl (C=O) groups excluding carboxylic acids is 2. The van der Waals surface area contributed by atoms with Gasteiger partial charge < -0.3 is 15.3 Å². The molecule has 2 amide bonds. The van der Waals surface area contributed by atoms with Crippen molar-refractivity contribution in [3.8, 4) is 0 Å². The van der Waals surface area contributed by atoms with Crippen molar-refractivity contribution in [2.24, 2.45) is 5.92 Å². The Kier molecular flexibility index (Phi) is 7.08. The zero-order chi connectivity index (χ0) is 19.3. The van der Waals surface area contributed by atoms with E-state index in [0.717, 1.165) is 5.56 Å². The van der Waals surface area contributed by atoms with Crippen LogP contribution in [0.25, 0.3) is 0 Å². The van der Waals surface area contributed by atoms with Crippen LogP contribution >= 0.6 is 12.6 Å². The standard InChI is InChI=1S/C19H26N2O4S/c1-12(2)16(18(23)21-10-6-9-14(21)19(24)25)20-17(22)15(26)11-13-7-4-3-5-8-13/h3-5,7-8,12,14-16,26H,6,9-11H2,1-2H3,(H,20,22)(H,24,25)/t14?,15-,16-/m0/s1. The molecule has 1 fully saturated rings. The molecule has 0 radical (unpaired) electrons. The monoisotopic (exact) mass is 378 g/mol. The first-order valence-electron chi connectivity index (χ1n) is 8.87. The number of nitrogens with one attached hydrogen (secondary N) is 1. The van der Waals surface area contributed by atoms with Crippen LogP contribution in [0.4, 0.5) is 0 Å². The molecule has 2 rings (SSSR count). The minimum atomic E-state index is -0.999. The molecule has 1 saturated heterocycles. The number of benzene rings is 1. The van der Waals surface area contributed by atoms with Crippen molar-refractivity contribution in [1.82, 2.24) is 10.2 Å². The Morgan fingerprint density at radius 3 is 2.50 bits per heavy atom. The molecule has 0 spiro atoms. The van der Waals surface area contributed by atoms with Gasteiger partial charge in [0.1, 0.15) is 12.1 Å². The minimum Gasteiger partial charge on any atom is -0.480 e. The van der Waals surface area contributed by atoms with Crippen LogP contribution in [0.2, 0.25) is 0 Å². The van der Waals surface area contributed by atoms with Crippen LogP contribution in [0.1, 0.15) is 32.3 Å². The topological polar surface area (TPSA) is 86.7 Å². The second-order valence-corrected chi connectivity index (χ2v) is 7.59. The van der Waals surface area contributed by atoms with E-state index in [1.807, 2.05) is 44.2 Å². The van der Waals surface area contributed by atoms with Gasteiger partial charge in [0.15, 0.2) is 0 Å². The van der Waals surface area contributed by atoms with Crippen LogP contribution in [0.3, 0.4) is 0 Å². The van der Waals surface area contributed by atoms with Gasteiger partial charge in [-0.3, -0.25) is 9.59 Å². The Bertz CT molecular complexity index is 650. The van der Waals surface area contributed by atoms with Gasteiger partial charge >= 0.3 is 5.97 Å². The van der Waals surface area contributed by atoms with Gasteiger partial charge in [0.2, 0.25) is 11.8 Å². The van der Waals surface area contributed by atoms with Crippen molar-refractivity contribution in [2.45, 2.75) is 50.4 Å². The van der Waals surface area contributed by atoms with E-state index in [2.05, 4.69) is 17.9 Å². The van der Waals surface area contributed by atoms with Gasteiger partial charge in [-0.1, -0.05) is 44.2 Å². The smallest absolute Gasteiger partial charge is 0.326 e. The lowest BCUT2D eigenvalue weighted by Gasteiger charge is -2.30. The van der Waals surface area contributed by atoms with Crippen LogP contribution in [0.15, 0.2) is 30.3 Å². The highest BCUT2D eigenvalue weighted by molar-refractivity contribution is 7.81. The SMILES string of the molecule is CC(C)[C@H](NC(=O)[C@@H](S)Cc1ccccc1)C(=O)N1CCCC1C(=O)O. The maximum Gasteiger partial charge on any atom is 0.326 e. The van der Waals surface area contributed by atoms with Crippen molar-refractivity contribution in [3.05, 3.63) is 35.9 Å². The molecule has 0 bridgehead atoms. The number of hydrogen-bond donors (Lipinski definition) is 3. The van der Waals surface area contributed by atoms with Gasteiger partial charge in [0.05, 0.1) is 5.25 Å². The fourth-order valence-electron chi connectivity index (χ4n) is 3.16. The van der Waals surface area contributed by atoms with E-state index >= 15 is 0 Å². The third-order valence-electron chi connectivity index (χ3n) is 4.63. The number of likely N-dealkylation sites (tertiary alicyclic amines) is 1. The van der Waals surface area contributed by atoms with E-state index in [4.69, 9.17) is 0 Å². The van der Waals surface area contributed by atoms with E-state index in [1.54, 1.807) is 0 Å². The van der Waals surface area contributed by atoms with E-state index in [0.29, 0.717) is 25.8 Å². The van der Waals surface area contributed by atoms with E-state index in [1.165, 1.54) is 4.90 Å². The molecule has 0 aromatic heterocycles. The lowest BCUT2D eigenvalue weighted by Crippen LogP contribution is -2.55. The molecule has 1 aliphatic heterocycles. The Balaban J connectivity index is 2.03. The predicted molar refractivity (Wildman–Crippen MR) is 102 cm³/mol. The predicted octanol–water partition coefficient (Wildman–Crippen LogP) is 1.74. The fraction of sp³-hybridized carbons (Fsp3) is 0.526. The van der Waals surface area contributed by atoms with Crippen LogP contribution in [0, 0.1) is 5.92 Å². The Morgan fingerprint density at radius 2 is 1.92 bits per heavy atom. The third-order valence-corrected chi connectivity index (χ3v) is 5.04. The second kappa shape index (κ2) is 9.07. The van der Waals surface area contributed by atoms with E-state index in [9.17, 15) is 19.5 Å². The quantitative estimate of drug-likeness (QED) is 0.631. The lowest BCUT2D eigenvalue weighted by molar-refractivity contribution is -0.149. The number of nitrogens with zero attached hydrogens (tertiary/aromatic N) is 1. The Labute approximate surface area is 159 Å². The summed E-state index contributed by atoms with van der Waals surface area (Å²) >= 11 is 4.38. The van der Waals surface area contributed by atoms with Crippen molar-refractivity contribution >= 4 is 30.4 Å². The normalized spacial score (nSPS) is 19.2.